The molecule has 0 N–H and O–H groups in total. The van der Waals surface area contributed by atoms with Gasteiger partial charge in [-0.15, -0.1) is 0 Å². The number of benzene rings is 2. The predicted molar refractivity (Wildman–Crippen MR) is 86.9 cm³/mol. The van der Waals surface area contributed by atoms with Gasteiger partial charge in [-0.1, -0.05) is 67.6 Å². The van der Waals surface area contributed by atoms with Crippen molar-refractivity contribution in [2.45, 2.75) is 19.3 Å². The minimum atomic E-state index is -0.559. The summed E-state index contributed by atoms with van der Waals surface area (Å²) in [5.41, 5.74) is 1.65. The summed E-state index contributed by atoms with van der Waals surface area (Å²) < 4.78 is 10.1. The van der Waals surface area contributed by atoms with Crippen LogP contribution in [0.15, 0.2) is 60.7 Å². The Balaban J connectivity index is 2.12. The monoisotopic (exact) mass is 312 g/mol. The van der Waals surface area contributed by atoms with Crippen LogP contribution in [0.1, 0.15) is 30.4 Å². The molecular weight excluding hydrogens is 292 g/mol. The Morgan fingerprint density at radius 1 is 0.870 bits per heavy atom. The molecule has 0 aliphatic heterocycles. The van der Waals surface area contributed by atoms with Crippen LogP contribution < -0.4 is 0 Å². The molecular formula is C19H20O4. The Kier molecular flexibility index (Phi) is 6.36. The van der Waals surface area contributed by atoms with E-state index in [1.165, 1.54) is 0 Å². The Bertz CT molecular complexity index is 583. The molecule has 0 spiro atoms. The number of carbonyl (C=O) groups is 2. The maximum Gasteiger partial charge on any atom is 0.344 e. The van der Waals surface area contributed by atoms with Crippen molar-refractivity contribution in [1.82, 2.24) is 0 Å². The van der Waals surface area contributed by atoms with Crippen molar-refractivity contribution in [3.63, 3.8) is 0 Å². The molecule has 0 aromatic heterocycles. The normalized spacial score (nSPS) is 10.3. The first-order valence-electron chi connectivity index (χ1n) is 7.64. The second-order valence-corrected chi connectivity index (χ2v) is 5.08. The fourth-order valence-electron chi connectivity index (χ4n) is 2.23. The summed E-state index contributed by atoms with van der Waals surface area (Å²) >= 11 is 0. The SMILES string of the molecule is CCCOC(=O)COC(=O)C(c1ccccc1)c1ccccc1. The zero-order valence-electron chi connectivity index (χ0n) is 13.1. The summed E-state index contributed by atoms with van der Waals surface area (Å²) in [6.45, 7) is 1.87. The van der Waals surface area contributed by atoms with Gasteiger partial charge >= 0.3 is 11.9 Å². The van der Waals surface area contributed by atoms with Gasteiger partial charge in [-0.05, 0) is 17.5 Å². The molecule has 23 heavy (non-hydrogen) atoms. The van der Waals surface area contributed by atoms with Crippen molar-refractivity contribution in [3.8, 4) is 0 Å². The molecule has 0 radical (unpaired) electrons. The Morgan fingerprint density at radius 2 is 1.39 bits per heavy atom. The quantitative estimate of drug-likeness (QED) is 0.736. The first-order chi connectivity index (χ1) is 11.2. The summed E-state index contributed by atoms with van der Waals surface area (Å²) in [5, 5.41) is 0. The maximum absolute atomic E-state index is 12.5. The van der Waals surface area contributed by atoms with Gasteiger partial charge in [-0.2, -0.15) is 0 Å². The van der Waals surface area contributed by atoms with Crippen molar-refractivity contribution in [1.29, 1.82) is 0 Å². The van der Waals surface area contributed by atoms with Gasteiger partial charge in [-0.25, -0.2) is 4.79 Å². The molecule has 0 fully saturated rings. The van der Waals surface area contributed by atoms with E-state index in [9.17, 15) is 9.59 Å². The minimum Gasteiger partial charge on any atom is -0.463 e. The first kappa shape index (κ1) is 16.7. The van der Waals surface area contributed by atoms with E-state index in [1.54, 1.807) is 0 Å². The average Bonchev–Trinajstić information content (AvgIpc) is 2.60. The largest absolute Gasteiger partial charge is 0.463 e. The van der Waals surface area contributed by atoms with Gasteiger partial charge in [0.25, 0.3) is 0 Å². The van der Waals surface area contributed by atoms with Crippen LogP contribution in [0.25, 0.3) is 0 Å². The van der Waals surface area contributed by atoms with Crippen molar-refractivity contribution >= 4 is 11.9 Å². The van der Waals surface area contributed by atoms with E-state index >= 15 is 0 Å². The smallest absolute Gasteiger partial charge is 0.344 e. The molecule has 0 bridgehead atoms. The van der Waals surface area contributed by atoms with Crippen LogP contribution in [0.4, 0.5) is 0 Å². The van der Waals surface area contributed by atoms with Crippen LogP contribution in [0.3, 0.4) is 0 Å². The molecule has 2 aromatic rings. The lowest BCUT2D eigenvalue weighted by Crippen LogP contribution is -2.22. The number of hydrogen-bond acceptors (Lipinski definition) is 4. The van der Waals surface area contributed by atoms with Gasteiger partial charge < -0.3 is 9.47 Å². The Hall–Kier alpha value is -2.62. The molecule has 0 heterocycles. The molecule has 0 unspecified atom stereocenters. The summed E-state index contributed by atoms with van der Waals surface area (Å²) in [6, 6.07) is 18.7. The maximum atomic E-state index is 12.5. The number of hydrogen-bond donors (Lipinski definition) is 0. The number of carbonyl (C=O) groups excluding carboxylic acids is 2. The van der Waals surface area contributed by atoms with Gasteiger partial charge in [0.1, 0.15) is 5.92 Å². The van der Waals surface area contributed by atoms with Gasteiger partial charge in [0.2, 0.25) is 0 Å². The van der Waals surface area contributed by atoms with Crippen molar-refractivity contribution in [2.75, 3.05) is 13.2 Å². The van der Waals surface area contributed by atoms with Crippen LogP contribution in [-0.4, -0.2) is 25.2 Å². The number of esters is 2. The Labute approximate surface area is 136 Å². The van der Waals surface area contributed by atoms with Crippen LogP contribution in [0.2, 0.25) is 0 Å². The molecule has 2 rings (SSSR count). The van der Waals surface area contributed by atoms with Gasteiger partial charge in [0.05, 0.1) is 6.61 Å². The van der Waals surface area contributed by atoms with E-state index < -0.39 is 17.9 Å². The van der Waals surface area contributed by atoms with E-state index in [2.05, 4.69) is 0 Å². The highest BCUT2D eigenvalue weighted by Crippen LogP contribution is 2.25. The van der Waals surface area contributed by atoms with E-state index in [1.807, 2.05) is 67.6 Å². The summed E-state index contributed by atoms with van der Waals surface area (Å²) in [4.78, 5) is 24.0. The molecule has 0 saturated heterocycles. The van der Waals surface area contributed by atoms with E-state index in [-0.39, 0.29) is 6.61 Å². The standard InChI is InChI=1S/C19H20O4/c1-2-13-22-17(20)14-23-19(21)18(15-9-5-3-6-10-15)16-11-7-4-8-12-16/h3-12,18H,2,13-14H2,1H3. The third kappa shape index (κ3) is 4.95. The lowest BCUT2D eigenvalue weighted by atomic mass is 9.91. The summed E-state index contributed by atoms with van der Waals surface area (Å²) in [6.07, 6.45) is 0.732. The number of rotatable bonds is 7. The molecule has 0 aliphatic carbocycles. The molecule has 0 amide bonds. The van der Waals surface area contributed by atoms with Crippen molar-refractivity contribution in [3.05, 3.63) is 71.8 Å². The first-order valence-corrected chi connectivity index (χ1v) is 7.64. The van der Waals surface area contributed by atoms with E-state index in [4.69, 9.17) is 9.47 Å². The van der Waals surface area contributed by atoms with Crippen LogP contribution in [0, 0.1) is 0 Å². The van der Waals surface area contributed by atoms with Crippen molar-refractivity contribution < 1.29 is 19.1 Å². The zero-order valence-corrected chi connectivity index (χ0v) is 13.1. The van der Waals surface area contributed by atoms with Crippen LogP contribution >= 0.6 is 0 Å². The highest BCUT2D eigenvalue weighted by Gasteiger charge is 2.24. The van der Waals surface area contributed by atoms with Gasteiger partial charge in [-0.3, -0.25) is 4.79 Å². The second-order valence-electron chi connectivity index (χ2n) is 5.08. The lowest BCUT2D eigenvalue weighted by molar-refractivity contribution is -0.159. The molecule has 4 heteroatoms. The molecule has 2 aromatic carbocycles. The van der Waals surface area contributed by atoms with Crippen LogP contribution in [0.5, 0.6) is 0 Å². The third-order valence-electron chi connectivity index (χ3n) is 3.30. The zero-order chi connectivity index (χ0) is 16.5. The van der Waals surface area contributed by atoms with Crippen molar-refractivity contribution in [2.24, 2.45) is 0 Å². The molecule has 0 saturated carbocycles. The molecule has 4 nitrogen and oxygen atoms in total. The minimum absolute atomic E-state index is 0.331. The molecule has 0 aliphatic rings. The highest BCUT2D eigenvalue weighted by atomic mass is 16.6. The highest BCUT2D eigenvalue weighted by molar-refractivity contribution is 5.84. The summed E-state index contributed by atoms with van der Waals surface area (Å²) in [7, 11) is 0. The predicted octanol–water partition coefficient (Wildman–Crippen LogP) is 3.31. The summed E-state index contributed by atoms with van der Waals surface area (Å²) in [5.74, 6) is -1.55. The van der Waals surface area contributed by atoms with Gasteiger partial charge in [0, 0.05) is 0 Å². The number of ether oxygens (including phenoxy) is 2. The molecule has 120 valence electrons. The third-order valence-corrected chi connectivity index (χ3v) is 3.30. The fourth-order valence-corrected chi connectivity index (χ4v) is 2.23. The van der Waals surface area contributed by atoms with E-state index in [0.29, 0.717) is 6.61 Å². The van der Waals surface area contributed by atoms with E-state index in [0.717, 1.165) is 17.5 Å². The van der Waals surface area contributed by atoms with Gasteiger partial charge in [0.15, 0.2) is 6.61 Å². The topological polar surface area (TPSA) is 52.6 Å². The average molecular weight is 312 g/mol. The Morgan fingerprint density at radius 3 is 1.87 bits per heavy atom. The van der Waals surface area contributed by atoms with Crippen LogP contribution in [-0.2, 0) is 19.1 Å². The lowest BCUT2D eigenvalue weighted by Gasteiger charge is -2.16. The molecule has 0 atom stereocenters. The second kappa shape index (κ2) is 8.73. The fraction of sp³-hybridized carbons (Fsp3) is 0.263.